The maximum atomic E-state index is 12.3. The molecule has 0 saturated heterocycles. The molecular weight excluding hydrogens is 346 g/mol. The Morgan fingerprint density at radius 2 is 2.20 bits per heavy atom. The van der Waals surface area contributed by atoms with Crippen LogP contribution in [0.2, 0.25) is 0 Å². The summed E-state index contributed by atoms with van der Waals surface area (Å²) in [6.07, 6.45) is 3.38. The molecule has 1 amide bonds. The van der Waals surface area contributed by atoms with Crippen molar-refractivity contribution in [2.75, 3.05) is 0 Å². The van der Waals surface area contributed by atoms with Crippen LogP contribution in [0.15, 0.2) is 23.0 Å². The lowest BCUT2D eigenvalue weighted by Crippen LogP contribution is -2.26. The van der Waals surface area contributed by atoms with Crippen LogP contribution in [0, 0.1) is 6.92 Å². The van der Waals surface area contributed by atoms with Gasteiger partial charge in [0.25, 0.3) is 5.91 Å². The molecule has 0 aromatic carbocycles. The van der Waals surface area contributed by atoms with Gasteiger partial charge in [0.2, 0.25) is 5.76 Å². The fourth-order valence-electron chi connectivity index (χ4n) is 2.20. The van der Waals surface area contributed by atoms with Gasteiger partial charge in [-0.3, -0.25) is 9.48 Å². The number of hydrogen-bond acceptors (Lipinski definition) is 7. The monoisotopic (exact) mass is 361 g/mol. The first-order valence-corrected chi connectivity index (χ1v) is 8.14. The topological polar surface area (TPSA) is 123 Å². The fraction of sp³-hybridized carbons (Fsp3) is 0.267. The van der Waals surface area contributed by atoms with Gasteiger partial charge in [0.05, 0.1) is 17.9 Å². The molecule has 2 N–H and O–H groups in total. The van der Waals surface area contributed by atoms with Gasteiger partial charge in [-0.2, -0.15) is 5.10 Å². The highest BCUT2D eigenvalue weighted by atomic mass is 32.1. The van der Waals surface area contributed by atoms with E-state index in [1.807, 2.05) is 0 Å². The Balaban J connectivity index is 1.73. The Morgan fingerprint density at radius 1 is 1.44 bits per heavy atom. The van der Waals surface area contributed by atoms with Crippen molar-refractivity contribution in [3.63, 3.8) is 0 Å². The van der Waals surface area contributed by atoms with Gasteiger partial charge in [0, 0.05) is 24.9 Å². The highest BCUT2D eigenvalue weighted by molar-refractivity contribution is 7.13. The van der Waals surface area contributed by atoms with Gasteiger partial charge in [-0.1, -0.05) is 5.16 Å². The molecule has 9 nitrogen and oxygen atoms in total. The van der Waals surface area contributed by atoms with Crippen molar-refractivity contribution < 1.29 is 19.2 Å². The highest BCUT2D eigenvalue weighted by Crippen LogP contribution is 2.24. The molecule has 0 saturated carbocycles. The van der Waals surface area contributed by atoms with Crippen LogP contribution in [0.4, 0.5) is 0 Å². The summed E-state index contributed by atoms with van der Waals surface area (Å²) in [5, 5.41) is 20.2. The number of carboxylic acids is 1. The summed E-state index contributed by atoms with van der Waals surface area (Å²) in [6.45, 7) is 3.34. The molecule has 0 aliphatic rings. The molecule has 3 aromatic heterocycles. The van der Waals surface area contributed by atoms with E-state index in [0.29, 0.717) is 16.4 Å². The minimum absolute atomic E-state index is 0.0532. The van der Waals surface area contributed by atoms with Crippen molar-refractivity contribution in [2.45, 2.75) is 19.9 Å². The van der Waals surface area contributed by atoms with Crippen molar-refractivity contribution >= 4 is 23.2 Å². The van der Waals surface area contributed by atoms with E-state index >= 15 is 0 Å². The van der Waals surface area contributed by atoms with Crippen LogP contribution in [-0.2, 0) is 7.05 Å². The average molecular weight is 361 g/mol. The molecule has 10 heteroatoms. The van der Waals surface area contributed by atoms with Crippen LogP contribution in [0.1, 0.15) is 43.9 Å². The van der Waals surface area contributed by atoms with Crippen LogP contribution >= 0.6 is 11.3 Å². The van der Waals surface area contributed by atoms with Gasteiger partial charge in [-0.15, -0.1) is 11.3 Å². The second-order valence-corrected chi connectivity index (χ2v) is 6.48. The third-order valence-electron chi connectivity index (χ3n) is 3.46. The molecule has 0 fully saturated rings. The number of aryl methyl sites for hydroxylation is 2. The first kappa shape index (κ1) is 16.8. The second-order valence-electron chi connectivity index (χ2n) is 5.45. The first-order chi connectivity index (χ1) is 11.8. The van der Waals surface area contributed by atoms with Crippen LogP contribution < -0.4 is 5.32 Å². The molecule has 0 aliphatic heterocycles. The van der Waals surface area contributed by atoms with Crippen molar-refractivity contribution in [3.8, 4) is 11.3 Å². The third kappa shape index (κ3) is 3.43. The smallest absolute Gasteiger partial charge is 0.347 e. The van der Waals surface area contributed by atoms with Crippen LogP contribution in [0.5, 0.6) is 0 Å². The number of aromatic carboxylic acids is 1. The SMILES string of the molecule is Cc1nc(C(C)NC(=O)c2cc(-c3cnn(C)c3)no2)sc1C(=O)O. The zero-order chi connectivity index (χ0) is 18.1. The Hall–Kier alpha value is -3.01. The third-order valence-corrected chi connectivity index (χ3v) is 4.79. The van der Waals surface area contributed by atoms with Gasteiger partial charge < -0.3 is 14.9 Å². The van der Waals surface area contributed by atoms with Crippen molar-refractivity contribution in [1.29, 1.82) is 0 Å². The second kappa shape index (κ2) is 6.48. The normalized spacial score (nSPS) is 12.1. The molecule has 130 valence electrons. The minimum Gasteiger partial charge on any atom is -0.477 e. The number of aromatic nitrogens is 4. The summed E-state index contributed by atoms with van der Waals surface area (Å²) in [6, 6.07) is 1.06. The van der Waals surface area contributed by atoms with Crippen molar-refractivity contribution in [1.82, 2.24) is 25.2 Å². The first-order valence-electron chi connectivity index (χ1n) is 7.32. The molecule has 0 radical (unpaired) electrons. The fourth-order valence-corrected chi connectivity index (χ4v) is 3.11. The molecule has 0 bridgehead atoms. The number of hydrogen-bond donors (Lipinski definition) is 2. The number of nitrogens with one attached hydrogen (secondary N) is 1. The van der Waals surface area contributed by atoms with E-state index in [9.17, 15) is 9.59 Å². The average Bonchev–Trinajstić information content (AvgIpc) is 3.25. The predicted octanol–water partition coefficient (Wildman–Crippen LogP) is 2.03. The minimum atomic E-state index is -1.03. The number of carbonyl (C=O) groups excluding carboxylic acids is 1. The quantitative estimate of drug-likeness (QED) is 0.712. The molecule has 25 heavy (non-hydrogen) atoms. The maximum Gasteiger partial charge on any atom is 0.347 e. The molecule has 3 heterocycles. The summed E-state index contributed by atoms with van der Waals surface area (Å²) in [7, 11) is 1.78. The summed E-state index contributed by atoms with van der Waals surface area (Å²) in [5.41, 5.74) is 1.66. The highest BCUT2D eigenvalue weighted by Gasteiger charge is 2.21. The lowest BCUT2D eigenvalue weighted by atomic mass is 10.2. The number of amides is 1. The summed E-state index contributed by atoms with van der Waals surface area (Å²) < 4.78 is 6.71. The van der Waals surface area contributed by atoms with E-state index in [1.54, 1.807) is 38.0 Å². The molecular formula is C15H15N5O4S. The van der Waals surface area contributed by atoms with Gasteiger partial charge in [0.1, 0.15) is 15.6 Å². The largest absolute Gasteiger partial charge is 0.477 e. The van der Waals surface area contributed by atoms with E-state index in [4.69, 9.17) is 9.63 Å². The number of thiazole rings is 1. The van der Waals surface area contributed by atoms with E-state index < -0.39 is 17.9 Å². The lowest BCUT2D eigenvalue weighted by Gasteiger charge is -2.08. The van der Waals surface area contributed by atoms with Crippen LogP contribution in [0.25, 0.3) is 11.3 Å². The van der Waals surface area contributed by atoms with E-state index in [2.05, 4.69) is 20.6 Å². The summed E-state index contributed by atoms with van der Waals surface area (Å²) >= 11 is 1.04. The van der Waals surface area contributed by atoms with Crippen molar-refractivity contribution in [2.24, 2.45) is 7.05 Å². The molecule has 1 atom stereocenters. The van der Waals surface area contributed by atoms with E-state index in [-0.39, 0.29) is 10.6 Å². The van der Waals surface area contributed by atoms with Gasteiger partial charge in [-0.05, 0) is 13.8 Å². The van der Waals surface area contributed by atoms with Gasteiger partial charge in [0.15, 0.2) is 0 Å². The Labute approximate surface area is 146 Å². The zero-order valence-corrected chi connectivity index (χ0v) is 14.5. The van der Waals surface area contributed by atoms with Crippen LogP contribution in [-0.4, -0.2) is 36.9 Å². The number of nitrogens with zero attached hydrogens (tertiary/aromatic N) is 4. The number of carbonyl (C=O) groups is 2. The number of carboxylic acid groups (broad SMARTS) is 1. The van der Waals surface area contributed by atoms with E-state index in [1.165, 1.54) is 6.07 Å². The maximum absolute atomic E-state index is 12.3. The molecule has 1 unspecified atom stereocenters. The number of rotatable bonds is 5. The van der Waals surface area contributed by atoms with E-state index in [0.717, 1.165) is 16.9 Å². The molecule has 0 spiro atoms. The standard InChI is InChI=1S/C15H15N5O4S/c1-7-12(15(22)23)25-14(18-7)8(2)17-13(21)11-4-10(19-24-11)9-5-16-20(3)6-9/h4-6,8H,1-3H3,(H,17,21)(H,22,23). The Morgan fingerprint density at radius 3 is 2.80 bits per heavy atom. The molecule has 0 aliphatic carbocycles. The summed E-state index contributed by atoms with van der Waals surface area (Å²) in [5.74, 6) is -1.44. The molecule has 3 aromatic rings. The van der Waals surface area contributed by atoms with Gasteiger partial charge in [-0.25, -0.2) is 9.78 Å². The van der Waals surface area contributed by atoms with Crippen molar-refractivity contribution in [3.05, 3.63) is 39.8 Å². The molecule has 3 rings (SSSR count). The predicted molar refractivity (Wildman–Crippen MR) is 88.4 cm³/mol. The zero-order valence-electron chi connectivity index (χ0n) is 13.7. The lowest BCUT2D eigenvalue weighted by molar-refractivity contribution is 0.0700. The van der Waals surface area contributed by atoms with Gasteiger partial charge >= 0.3 is 5.97 Å². The summed E-state index contributed by atoms with van der Waals surface area (Å²) in [4.78, 5) is 27.8. The van der Waals surface area contributed by atoms with Crippen LogP contribution in [0.3, 0.4) is 0 Å². The Kier molecular flexibility index (Phi) is 4.36. The Bertz CT molecular complexity index is 942.